The van der Waals surface area contributed by atoms with Crippen molar-refractivity contribution in [1.82, 2.24) is 25.4 Å². The fourth-order valence-corrected chi connectivity index (χ4v) is 1.25. The highest BCUT2D eigenvalue weighted by Crippen LogP contribution is 2.06. The van der Waals surface area contributed by atoms with Crippen LogP contribution in [-0.2, 0) is 11.8 Å². The number of rotatable bonds is 4. The molecule has 17 heavy (non-hydrogen) atoms. The van der Waals surface area contributed by atoms with Crippen LogP contribution in [0.1, 0.15) is 25.7 Å². The molecule has 8 heteroatoms. The van der Waals surface area contributed by atoms with Crippen molar-refractivity contribution in [3.8, 4) is 0 Å². The molecular formula is C9H15N5O3. The Labute approximate surface area is 98.0 Å². The molecule has 0 aliphatic rings. The summed E-state index contributed by atoms with van der Waals surface area (Å²) < 4.78 is 1.67. The average molecular weight is 241 g/mol. The Hall–Kier alpha value is -2.12. The van der Waals surface area contributed by atoms with Gasteiger partial charge in [-0.15, -0.1) is 10.2 Å². The molecular weight excluding hydrogens is 226 g/mol. The Morgan fingerprint density at radius 2 is 2.06 bits per heavy atom. The third-order valence-electron chi connectivity index (χ3n) is 2.20. The maximum atomic E-state index is 11.4. The highest BCUT2D eigenvalue weighted by molar-refractivity contribution is 5.82. The summed E-state index contributed by atoms with van der Waals surface area (Å²) in [5.41, 5.74) is 0. The van der Waals surface area contributed by atoms with E-state index in [0.717, 1.165) is 0 Å². The molecule has 1 rings (SSSR count). The minimum Gasteiger partial charge on any atom is -0.480 e. The van der Waals surface area contributed by atoms with Gasteiger partial charge in [-0.1, -0.05) is 0 Å². The highest BCUT2D eigenvalue weighted by Gasteiger charge is 2.17. The molecule has 0 bridgehead atoms. The second-order valence-corrected chi connectivity index (χ2v) is 3.70. The van der Waals surface area contributed by atoms with Gasteiger partial charge in [0.25, 0.3) is 0 Å². The van der Waals surface area contributed by atoms with Gasteiger partial charge in [-0.3, -0.25) is 4.79 Å². The molecule has 1 aromatic rings. The van der Waals surface area contributed by atoms with Crippen LogP contribution in [-0.4, -0.2) is 37.9 Å². The minimum atomic E-state index is -1.09. The van der Waals surface area contributed by atoms with E-state index in [0.29, 0.717) is 5.82 Å². The topological polar surface area (TPSA) is 109 Å². The molecule has 94 valence electrons. The second kappa shape index (κ2) is 5.28. The number of hydrogen-bond acceptors (Lipinski definition) is 4. The summed E-state index contributed by atoms with van der Waals surface area (Å²) in [6.07, 6.45) is 1.52. The summed E-state index contributed by atoms with van der Waals surface area (Å²) in [5, 5.41) is 21.0. The number of carboxylic acid groups (broad SMARTS) is 1. The quantitative estimate of drug-likeness (QED) is 0.667. The molecule has 8 nitrogen and oxygen atoms in total. The SMILES string of the molecule is CC(NC(=O)N[C@H](C)C(=O)O)c1nncn1C. The number of urea groups is 1. The second-order valence-electron chi connectivity index (χ2n) is 3.70. The Balaban J connectivity index is 2.52. The van der Waals surface area contributed by atoms with Gasteiger partial charge in [-0.25, -0.2) is 4.79 Å². The summed E-state index contributed by atoms with van der Waals surface area (Å²) in [7, 11) is 1.76. The average Bonchev–Trinajstić information content (AvgIpc) is 2.63. The zero-order valence-corrected chi connectivity index (χ0v) is 9.84. The first-order chi connectivity index (χ1) is 7.91. The van der Waals surface area contributed by atoms with Gasteiger partial charge in [0, 0.05) is 7.05 Å². The molecule has 0 aliphatic carbocycles. The van der Waals surface area contributed by atoms with Crippen molar-refractivity contribution in [3.63, 3.8) is 0 Å². The van der Waals surface area contributed by atoms with Gasteiger partial charge in [-0.2, -0.15) is 0 Å². The third kappa shape index (κ3) is 3.44. The molecule has 0 saturated heterocycles. The van der Waals surface area contributed by atoms with Crippen molar-refractivity contribution < 1.29 is 14.7 Å². The van der Waals surface area contributed by atoms with Crippen molar-refractivity contribution in [2.45, 2.75) is 25.9 Å². The van der Waals surface area contributed by atoms with Gasteiger partial charge in [0.1, 0.15) is 12.4 Å². The van der Waals surface area contributed by atoms with Crippen molar-refractivity contribution in [1.29, 1.82) is 0 Å². The van der Waals surface area contributed by atoms with E-state index in [1.165, 1.54) is 13.3 Å². The lowest BCUT2D eigenvalue weighted by Crippen LogP contribution is -2.45. The van der Waals surface area contributed by atoms with Gasteiger partial charge in [0.2, 0.25) is 0 Å². The van der Waals surface area contributed by atoms with E-state index >= 15 is 0 Å². The van der Waals surface area contributed by atoms with Crippen LogP contribution < -0.4 is 10.6 Å². The maximum Gasteiger partial charge on any atom is 0.325 e. The van der Waals surface area contributed by atoms with Crippen LogP contribution in [0.3, 0.4) is 0 Å². The van der Waals surface area contributed by atoms with Crippen molar-refractivity contribution in [3.05, 3.63) is 12.2 Å². The number of carbonyl (C=O) groups excluding carboxylic acids is 1. The number of nitrogens with zero attached hydrogens (tertiary/aromatic N) is 3. The van der Waals surface area contributed by atoms with Crippen LogP contribution in [0, 0.1) is 0 Å². The van der Waals surface area contributed by atoms with Crippen LogP contribution >= 0.6 is 0 Å². The third-order valence-corrected chi connectivity index (χ3v) is 2.20. The number of aromatic nitrogens is 3. The number of amides is 2. The highest BCUT2D eigenvalue weighted by atomic mass is 16.4. The van der Waals surface area contributed by atoms with Crippen molar-refractivity contribution in [2.24, 2.45) is 7.05 Å². The molecule has 0 aromatic carbocycles. The number of nitrogens with one attached hydrogen (secondary N) is 2. The van der Waals surface area contributed by atoms with E-state index in [1.54, 1.807) is 18.5 Å². The Morgan fingerprint density at radius 3 is 2.53 bits per heavy atom. The minimum absolute atomic E-state index is 0.358. The van der Waals surface area contributed by atoms with Gasteiger partial charge in [0.15, 0.2) is 5.82 Å². The summed E-state index contributed by atoms with van der Waals surface area (Å²) in [6.45, 7) is 3.12. The predicted octanol–water partition coefficient (Wildman–Crippen LogP) is -0.352. The largest absolute Gasteiger partial charge is 0.480 e. The molecule has 1 aromatic heterocycles. The summed E-state index contributed by atoms with van der Waals surface area (Å²) >= 11 is 0. The predicted molar refractivity (Wildman–Crippen MR) is 58.2 cm³/mol. The molecule has 0 fully saturated rings. The first-order valence-electron chi connectivity index (χ1n) is 5.05. The van der Waals surface area contributed by atoms with Crippen LogP contribution in [0.2, 0.25) is 0 Å². The summed E-state index contributed by atoms with van der Waals surface area (Å²) in [6, 6.07) is -1.86. The Morgan fingerprint density at radius 1 is 1.41 bits per heavy atom. The Kier molecular flexibility index (Phi) is 4.02. The maximum absolute atomic E-state index is 11.4. The van der Waals surface area contributed by atoms with Crippen molar-refractivity contribution >= 4 is 12.0 Å². The molecule has 2 amide bonds. The van der Waals surface area contributed by atoms with Gasteiger partial charge in [-0.05, 0) is 13.8 Å². The standard InChI is InChI=1S/C9H15N5O3/c1-5(7-13-10-4-14(7)3)11-9(17)12-6(2)8(15)16/h4-6H,1-3H3,(H,15,16)(H2,11,12,17)/t5?,6-/m1/s1. The van der Waals surface area contributed by atoms with E-state index in [1.807, 2.05) is 0 Å². The molecule has 0 spiro atoms. The smallest absolute Gasteiger partial charge is 0.325 e. The lowest BCUT2D eigenvalue weighted by atomic mass is 10.3. The molecule has 0 saturated carbocycles. The molecule has 1 unspecified atom stereocenters. The van der Waals surface area contributed by atoms with Crippen LogP contribution in [0.4, 0.5) is 4.79 Å². The number of aryl methyl sites for hydroxylation is 1. The number of hydrogen-bond donors (Lipinski definition) is 3. The first kappa shape index (κ1) is 12.9. The van der Waals surface area contributed by atoms with E-state index in [-0.39, 0.29) is 6.04 Å². The van der Waals surface area contributed by atoms with Gasteiger partial charge in [0.05, 0.1) is 6.04 Å². The zero-order chi connectivity index (χ0) is 13.0. The first-order valence-corrected chi connectivity index (χ1v) is 5.05. The number of aliphatic carboxylic acids is 1. The van der Waals surface area contributed by atoms with Gasteiger partial charge < -0.3 is 20.3 Å². The fourth-order valence-electron chi connectivity index (χ4n) is 1.25. The summed E-state index contributed by atoms with van der Waals surface area (Å²) in [4.78, 5) is 22.0. The van der Waals surface area contributed by atoms with Crippen LogP contribution in [0.15, 0.2) is 6.33 Å². The molecule has 0 aliphatic heterocycles. The number of carboxylic acids is 1. The molecule has 2 atom stereocenters. The number of carbonyl (C=O) groups is 2. The molecule has 3 N–H and O–H groups in total. The summed E-state index contributed by atoms with van der Waals surface area (Å²) in [5.74, 6) is -0.505. The van der Waals surface area contributed by atoms with E-state index in [4.69, 9.17) is 5.11 Å². The Bertz CT molecular complexity index is 417. The lowest BCUT2D eigenvalue weighted by Gasteiger charge is -2.15. The monoisotopic (exact) mass is 241 g/mol. The van der Waals surface area contributed by atoms with E-state index in [2.05, 4.69) is 20.8 Å². The van der Waals surface area contributed by atoms with E-state index in [9.17, 15) is 9.59 Å². The van der Waals surface area contributed by atoms with Crippen LogP contribution in [0.5, 0.6) is 0 Å². The van der Waals surface area contributed by atoms with Crippen molar-refractivity contribution in [2.75, 3.05) is 0 Å². The fraction of sp³-hybridized carbons (Fsp3) is 0.556. The van der Waals surface area contributed by atoms with Crippen LogP contribution in [0.25, 0.3) is 0 Å². The molecule has 1 heterocycles. The molecule has 0 radical (unpaired) electrons. The lowest BCUT2D eigenvalue weighted by molar-refractivity contribution is -0.138. The van der Waals surface area contributed by atoms with Gasteiger partial charge >= 0.3 is 12.0 Å². The van der Waals surface area contributed by atoms with E-state index < -0.39 is 18.0 Å². The normalized spacial score (nSPS) is 13.8. The zero-order valence-electron chi connectivity index (χ0n) is 9.84.